The number of aliphatic carboxylic acids is 1. The van der Waals surface area contributed by atoms with E-state index in [1.807, 2.05) is 0 Å². The molecule has 2 saturated carbocycles. The van der Waals surface area contributed by atoms with Crippen molar-refractivity contribution in [1.29, 1.82) is 0 Å². The van der Waals surface area contributed by atoms with Gasteiger partial charge < -0.3 is 9.84 Å². The van der Waals surface area contributed by atoms with E-state index in [1.165, 1.54) is 19.3 Å². The molecule has 6 nitrogen and oxygen atoms in total. The van der Waals surface area contributed by atoms with E-state index in [0.717, 1.165) is 58.0 Å². The summed E-state index contributed by atoms with van der Waals surface area (Å²) in [5.74, 6) is 0.00839. The van der Waals surface area contributed by atoms with Gasteiger partial charge in [-0.15, -0.1) is 0 Å². The SMILES string of the molecule is CCCCCOC1CCC(C2NC(C3CCCC(C(=O)O)C3)NO2)CC1. The topological polar surface area (TPSA) is 79.8 Å². The fourth-order valence-corrected chi connectivity index (χ4v) is 4.77. The number of nitrogens with one attached hydrogen (secondary N) is 2. The molecule has 0 aromatic carbocycles. The highest BCUT2D eigenvalue weighted by molar-refractivity contribution is 5.70. The van der Waals surface area contributed by atoms with Gasteiger partial charge in [-0.2, -0.15) is 5.48 Å². The summed E-state index contributed by atoms with van der Waals surface area (Å²) < 4.78 is 6.01. The number of carboxylic acids is 1. The molecule has 1 heterocycles. The number of hydrogen-bond acceptors (Lipinski definition) is 5. The average molecular weight is 369 g/mol. The van der Waals surface area contributed by atoms with E-state index in [2.05, 4.69) is 17.7 Å². The number of ether oxygens (including phenoxy) is 1. The van der Waals surface area contributed by atoms with E-state index in [1.54, 1.807) is 0 Å². The Morgan fingerprint density at radius 2 is 1.92 bits per heavy atom. The van der Waals surface area contributed by atoms with Crippen molar-refractivity contribution >= 4 is 5.97 Å². The first kappa shape index (κ1) is 20.1. The quantitative estimate of drug-likeness (QED) is 0.570. The molecule has 3 aliphatic rings. The van der Waals surface area contributed by atoms with Crippen molar-refractivity contribution in [2.75, 3.05) is 6.61 Å². The van der Waals surface area contributed by atoms with Gasteiger partial charge in [0.15, 0.2) is 0 Å². The molecular formula is C20H36N2O4. The van der Waals surface area contributed by atoms with Crippen LogP contribution in [0.1, 0.15) is 77.6 Å². The highest BCUT2D eigenvalue weighted by Gasteiger charge is 2.39. The van der Waals surface area contributed by atoms with Crippen molar-refractivity contribution in [3.05, 3.63) is 0 Å². The van der Waals surface area contributed by atoms with Gasteiger partial charge in [-0.3, -0.25) is 14.9 Å². The molecule has 0 aromatic rings. The molecule has 4 unspecified atom stereocenters. The van der Waals surface area contributed by atoms with Crippen molar-refractivity contribution in [1.82, 2.24) is 10.8 Å². The van der Waals surface area contributed by atoms with Crippen molar-refractivity contribution in [3.8, 4) is 0 Å². The Hall–Kier alpha value is -0.690. The fraction of sp³-hybridized carbons (Fsp3) is 0.950. The summed E-state index contributed by atoms with van der Waals surface area (Å²) in [6.45, 7) is 3.12. The molecular weight excluding hydrogens is 332 g/mol. The van der Waals surface area contributed by atoms with Gasteiger partial charge in [0.2, 0.25) is 0 Å². The van der Waals surface area contributed by atoms with Gasteiger partial charge in [0, 0.05) is 12.5 Å². The molecule has 150 valence electrons. The Kier molecular flexibility index (Phi) is 7.73. The van der Waals surface area contributed by atoms with Gasteiger partial charge in [0.1, 0.15) is 6.23 Å². The van der Waals surface area contributed by atoms with Crippen LogP contribution in [0.3, 0.4) is 0 Å². The highest BCUT2D eigenvalue weighted by atomic mass is 16.7. The Balaban J connectivity index is 1.37. The van der Waals surface area contributed by atoms with E-state index in [0.29, 0.717) is 17.9 Å². The maximum Gasteiger partial charge on any atom is 0.306 e. The van der Waals surface area contributed by atoms with Crippen LogP contribution in [0.2, 0.25) is 0 Å². The van der Waals surface area contributed by atoms with Crippen LogP contribution < -0.4 is 10.8 Å². The molecule has 1 aliphatic heterocycles. The molecule has 0 aromatic heterocycles. The second-order valence-electron chi connectivity index (χ2n) is 8.38. The van der Waals surface area contributed by atoms with Crippen LogP contribution in [-0.4, -0.2) is 36.2 Å². The molecule has 2 aliphatic carbocycles. The standard InChI is InChI=1S/C20H36N2O4/c1-2-3-4-12-25-17-10-8-14(9-11-17)19-21-18(22-26-19)15-6-5-7-16(13-15)20(23)24/h14-19,21-22H,2-13H2,1H3,(H,23,24). The summed E-state index contributed by atoms with van der Waals surface area (Å²) in [5, 5.41) is 12.9. The number of unbranched alkanes of at least 4 members (excludes halogenated alkanes) is 2. The van der Waals surface area contributed by atoms with Crippen molar-refractivity contribution in [2.45, 2.75) is 96.1 Å². The van der Waals surface area contributed by atoms with E-state index in [9.17, 15) is 9.90 Å². The number of carbonyl (C=O) groups is 1. The second-order valence-corrected chi connectivity index (χ2v) is 8.38. The lowest BCUT2D eigenvalue weighted by molar-refractivity contribution is -0.143. The third-order valence-corrected chi connectivity index (χ3v) is 6.45. The number of carboxylic acid groups (broad SMARTS) is 1. The minimum atomic E-state index is -0.651. The third kappa shape index (κ3) is 5.41. The summed E-state index contributed by atoms with van der Waals surface area (Å²) >= 11 is 0. The molecule has 0 bridgehead atoms. The van der Waals surface area contributed by atoms with Gasteiger partial charge in [-0.25, -0.2) is 0 Å². The molecule has 0 spiro atoms. The van der Waals surface area contributed by atoms with Crippen LogP contribution in [0.5, 0.6) is 0 Å². The Labute approximate surface area is 157 Å². The maximum absolute atomic E-state index is 11.3. The molecule has 4 atom stereocenters. The highest BCUT2D eigenvalue weighted by Crippen LogP contribution is 2.34. The van der Waals surface area contributed by atoms with Crippen molar-refractivity contribution in [3.63, 3.8) is 0 Å². The Morgan fingerprint density at radius 1 is 1.12 bits per heavy atom. The molecule has 3 N–H and O–H groups in total. The third-order valence-electron chi connectivity index (χ3n) is 6.45. The Bertz CT molecular complexity index is 440. The average Bonchev–Trinajstić information content (AvgIpc) is 3.16. The fourth-order valence-electron chi connectivity index (χ4n) is 4.77. The number of rotatable bonds is 8. The minimum Gasteiger partial charge on any atom is -0.481 e. The second kappa shape index (κ2) is 10.0. The van der Waals surface area contributed by atoms with Gasteiger partial charge in [0.25, 0.3) is 0 Å². The number of hydroxylamine groups is 1. The first-order valence-electron chi connectivity index (χ1n) is 10.7. The first-order chi connectivity index (χ1) is 12.7. The summed E-state index contributed by atoms with van der Waals surface area (Å²) in [4.78, 5) is 17.1. The van der Waals surface area contributed by atoms with Crippen LogP contribution in [0.15, 0.2) is 0 Å². The molecule has 1 saturated heterocycles. The molecule has 3 fully saturated rings. The zero-order valence-electron chi connectivity index (χ0n) is 16.1. The van der Waals surface area contributed by atoms with Crippen molar-refractivity contribution in [2.24, 2.45) is 17.8 Å². The van der Waals surface area contributed by atoms with Crippen LogP contribution in [-0.2, 0) is 14.4 Å². The van der Waals surface area contributed by atoms with E-state index in [-0.39, 0.29) is 18.3 Å². The maximum atomic E-state index is 11.3. The lowest BCUT2D eigenvalue weighted by atomic mass is 9.79. The van der Waals surface area contributed by atoms with Crippen molar-refractivity contribution < 1.29 is 19.5 Å². The van der Waals surface area contributed by atoms with E-state index in [4.69, 9.17) is 9.57 Å². The summed E-state index contributed by atoms with van der Waals surface area (Å²) in [5.41, 5.74) is 3.16. The van der Waals surface area contributed by atoms with Crippen LogP contribution in [0.25, 0.3) is 0 Å². The molecule has 0 radical (unpaired) electrons. The lowest BCUT2D eigenvalue weighted by Gasteiger charge is -2.32. The Morgan fingerprint density at radius 3 is 2.65 bits per heavy atom. The van der Waals surface area contributed by atoms with Gasteiger partial charge >= 0.3 is 5.97 Å². The molecule has 0 amide bonds. The monoisotopic (exact) mass is 368 g/mol. The smallest absolute Gasteiger partial charge is 0.306 e. The summed E-state index contributed by atoms with van der Waals surface area (Å²) in [6, 6.07) is 0. The predicted octanol–water partition coefficient (Wildman–Crippen LogP) is 3.42. The first-order valence-corrected chi connectivity index (χ1v) is 10.7. The van der Waals surface area contributed by atoms with Crippen LogP contribution >= 0.6 is 0 Å². The van der Waals surface area contributed by atoms with Gasteiger partial charge in [-0.1, -0.05) is 26.2 Å². The van der Waals surface area contributed by atoms with E-state index >= 15 is 0 Å². The minimum absolute atomic E-state index is 0.0474. The molecule has 6 heteroatoms. The van der Waals surface area contributed by atoms with Crippen LogP contribution in [0.4, 0.5) is 0 Å². The molecule has 3 rings (SSSR count). The lowest BCUT2D eigenvalue weighted by Crippen LogP contribution is -2.45. The van der Waals surface area contributed by atoms with Gasteiger partial charge in [0.05, 0.1) is 18.2 Å². The largest absolute Gasteiger partial charge is 0.481 e. The summed E-state index contributed by atoms with van der Waals surface area (Å²) in [7, 11) is 0. The predicted molar refractivity (Wildman–Crippen MR) is 99.2 cm³/mol. The van der Waals surface area contributed by atoms with Gasteiger partial charge in [-0.05, 0) is 57.3 Å². The zero-order valence-corrected chi connectivity index (χ0v) is 16.1. The molecule has 26 heavy (non-hydrogen) atoms. The number of hydrogen-bond donors (Lipinski definition) is 3. The normalized spacial score (nSPS) is 38.3. The summed E-state index contributed by atoms with van der Waals surface area (Å²) in [6.07, 6.45) is 12.3. The van der Waals surface area contributed by atoms with Crippen LogP contribution in [0, 0.1) is 17.8 Å². The zero-order chi connectivity index (χ0) is 18.4. The van der Waals surface area contributed by atoms with E-state index < -0.39 is 5.97 Å².